The van der Waals surface area contributed by atoms with Crippen molar-refractivity contribution in [3.8, 4) is 22.5 Å². The van der Waals surface area contributed by atoms with Crippen LogP contribution in [0.25, 0.3) is 22.5 Å². The van der Waals surface area contributed by atoms with Gasteiger partial charge >= 0.3 is 23.7 Å². The summed E-state index contributed by atoms with van der Waals surface area (Å²) >= 11 is 1.59. The van der Waals surface area contributed by atoms with Gasteiger partial charge < -0.3 is 0 Å². The number of carbonyl (C=O) groups excluding carboxylic acids is 2. The number of benzene rings is 2. The zero-order valence-corrected chi connectivity index (χ0v) is 21.9. The van der Waals surface area contributed by atoms with Gasteiger partial charge in [-0.2, -0.15) is 17.6 Å². The Hall–Kier alpha value is -3.64. The maximum absolute atomic E-state index is 14.5. The molecule has 0 unspecified atom stereocenters. The molecular weight excluding hydrogens is 540 g/mol. The first-order valence-corrected chi connectivity index (χ1v) is 13.3. The lowest BCUT2D eigenvalue weighted by Crippen LogP contribution is -2.56. The third-order valence-corrected chi connectivity index (χ3v) is 7.25. The van der Waals surface area contributed by atoms with Crippen LogP contribution in [0.15, 0.2) is 59.3 Å². The van der Waals surface area contributed by atoms with Crippen LogP contribution < -0.4 is 10.6 Å². The van der Waals surface area contributed by atoms with Crippen LogP contribution in [-0.4, -0.2) is 33.6 Å². The first-order chi connectivity index (χ1) is 18.0. The third kappa shape index (κ3) is 5.60. The molecule has 0 atom stereocenters. The number of hydrogen-bond acceptors (Lipinski definition) is 6. The highest BCUT2D eigenvalue weighted by atomic mass is 32.1. The molecule has 0 aliphatic carbocycles. The Labute approximate surface area is 223 Å². The van der Waals surface area contributed by atoms with Gasteiger partial charge in [0.1, 0.15) is 0 Å². The Morgan fingerprint density at radius 1 is 0.684 bits per heavy atom. The molecule has 2 aromatic carbocycles. The van der Waals surface area contributed by atoms with Crippen LogP contribution in [-0.2, 0) is 22.4 Å². The molecule has 4 rings (SSSR count). The van der Waals surface area contributed by atoms with Gasteiger partial charge in [0.05, 0.1) is 11.4 Å². The first-order valence-electron chi connectivity index (χ1n) is 11.5. The zero-order valence-electron chi connectivity index (χ0n) is 20.2. The normalized spacial score (nSPS) is 11.8. The molecule has 12 heteroatoms. The number of nitrogens with zero attached hydrogens (tertiary/aromatic N) is 2. The Balaban J connectivity index is 1.43. The maximum atomic E-state index is 14.5. The summed E-state index contributed by atoms with van der Waals surface area (Å²) in [7, 11) is 0. The number of thiazole rings is 2. The largest absolute Gasteiger partial charge is 0.396 e. The van der Waals surface area contributed by atoms with Gasteiger partial charge in [-0.25, -0.2) is 9.97 Å². The summed E-state index contributed by atoms with van der Waals surface area (Å²) in [5.74, 6) is -15.4. The fourth-order valence-electron chi connectivity index (χ4n) is 3.39. The number of aromatic nitrogens is 2. The zero-order chi connectivity index (χ0) is 27.5. The van der Waals surface area contributed by atoms with Gasteiger partial charge in [0.25, 0.3) is 0 Å². The average Bonchev–Trinajstić information content (AvgIpc) is 3.58. The molecule has 0 bridgehead atoms. The van der Waals surface area contributed by atoms with Crippen molar-refractivity contribution in [1.29, 1.82) is 0 Å². The van der Waals surface area contributed by atoms with E-state index in [1.165, 1.54) is 10.8 Å². The van der Waals surface area contributed by atoms with E-state index < -0.39 is 23.7 Å². The van der Waals surface area contributed by atoms with Crippen molar-refractivity contribution < 1.29 is 27.2 Å². The standard InChI is InChI=1S/C26H22F4N4O2S2/c1-3-15-5-9-17(10-6-15)19-13-37-23(31-19)33-21(35)25(27,28)26(29,30)22(36)34-24-32-20(14-38-24)18-11-7-16(4-2)8-12-18/h5-14H,3-4H2,1-2H3,(H,31,33,35)(H,32,34,36). The fourth-order valence-corrected chi connectivity index (χ4v) is 4.82. The molecule has 0 spiro atoms. The highest BCUT2D eigenvalue weighted by Crippen LogP contribution is 2.37. The molecule has 0 aliphatic heterocycles. The van der Waals surface area contributed by atoms with E-state index in [-0.39, 0.29) is 10.3 Å². The summed E-state index contributed by atoms with van der Waals surface area (Å²) in [6.07, 6.45) is 1.65. The van der Waals surface area contributed by atoms with Crippen molar-refractivity contribution in [1.82, 2.24) is 9.97 Å². The average molecular weight is 563 g/mol. The SMILES string of the molecule is CCc1ccc(-c2csc(NC(=O)C(F)(F)C(F)(F)C(=O)Nc3nc(-c4ccc(CC)cc4)cs3)n2)cc1. The molecule has 0 saturated heterocycles. The second-order valence-electron chi connectivity index (χ2n) is 8.23. The molecule has 2 N–H and O–H groups in total. The summed E-state index contributed by atoms with van der Waals surface area (Å²) in [6, 6.07) is 14.6. The number of nitrogens with one attached hydrogen (secondary N) is 2. The van der Waals surface area contributed by atoms with Gasteiger partial charge in [-0.15, -0.1) is 22.7 Å². The second kappa shape index (κ2) is 11.0. The smallest absolute Gasteiger partial charge is 0.296 e. The fraction of sp³-hybridized carbons (Fsp3) is 0.231. The summed E-state index contributed by atoms with van der Waals surface area (Å²) < 4.78 is 58.1. The van der Waals surface area contributed by atoms with Crippen molar-refractivity contribution in [2.45, 2.75) is 38.5 Å². The Bertz CT molecular complexity index is 1320. The van der Waals surface area contributed by atoms with E-state index >= 15 is 0 Å². The lowest BCUT2D eigenvalue weighted by molar-refractivity contribution is -0.204. The van der Waals surface area contributed by atoms with Gasteiger partial charge in [0.15, 0.2) is 10.3 Å². The monoisotopic (exact) mass is 562 g/mol. The van der Waals surface area contributed by atoms with E-state index in [0.29, 0.717) is 22.5 Å². The Kier molecular flexibility index (Phi) is 7.93. The minimum atomic E-state index is -5.36. The lowest BCUT2D eigenvalue weighted by Gasteiger charge is -2.23. The minimum Gasteiger partial charge on any atom is -0.296 e. The third-order valence-electron chi connectivity index (χ3n) is 5.73. The van der Waals surface area contributed by atoms with Crippen LogP contribution in [0.3, 0.4) is 0 Å². The molecule has 0 radical (unpaired) electrons. The molecule has 0 saturated carbocycles. The summed E-state index contributed by atoms with van der Waals surface area (Å²) in [6.45, 7) is 3.98. The first kappa shape index (κ1) is 27.4. The molecule has 198 valence electrons. The molecule has 38 heavy (non-hydrogen) atoms. The molecule has 6 nitrogen and oxygen atoms in total. The van der Waals surface area contributed by atoms with E-state index in [4.69, 9.17) is 0 Å². The summed E-state index contributed by atoms with van der Waals surface area (Å²) in [5, 5.41) is 5.78. The van der Waals surface area contributed by atoms with Gasteiger partial charge in [-0.05, 0) is 24.0 Å². The number of anilines is 2. The number of rotatable bonds is 9. The van der Waals surface area contributed by atoms with Crippen LogP contribution in [0.4, 0.5) is 27.8 Å². The predicted molar refractivity (Wildman–Crippen MR) is 141 cm³/mol. The van der Waals surface area contributed by atoms with Crippen LogP contribution in [0.1, 0.15) is 25.0 Å². The highest BCUT2D eigenvalue weighted by Gasteiger charge is 2.67. The second-order valence-corrected chi connectivity index (χ2v) is 9.95. The van der Waals surface area contributed by atoms with Gasteiger partial charge in [0.2, 0.25) is 0 Å². The number of amides is 2. The van der Waals surface area contributed by atoms with Crippen LogP contribution in [0.5, 0.6) is 0 Å². The quantitative estimate of drug-likeness (QED) is 0.217. The van der Waals surface area contributed by atoms with Crippen LogP contribution in [0.2, 0.25) is 0 Å². The molecular formula is C26H22F4N4O2S2. The minimum absolute atomic E-state index is 0.306. The molecule has 2 heterocycles. The summed E-state index contributed by atoms with van der Waals surface area (Å²) in [5.41, 5.74) is 4.25. The highest BCUT2D eigenvalue weighted by molar-refractivity contribution is 7.14. The van der Waals surface area contributed by atoms with Crippen molar-refractivity contribution in [3.63, 3.8) is 0 Å². The molecule has 4 aromatic rings. The Morgan fingerprint density at radius 2 is 1.03 bits per heavy atom. The number of aryl methyl sites for hydroxylation is 2. The van der Waals surface area contributed by atoms with E-state index in [1.807, 2.05) is 38.1 Å². The molecule has 0 aliphatic rings. The molecule has 2 amide bonds. The van der Waals surface area contributed by atoms with Gasteiger partial charge in [0, 0.05) is 21.9 Å². The van der Waals surface area contributed by atoms with Crippen molar-refractivity contribution >= 4 is 44.8 Å². The lowest BCUT2D eigenvalue weighted by atomic mass is 10.1. The number of hydrogen-bond donors (Lipinski definition) is 2. The molecule has 0 fully saturated rings. The summed E-state index contributed by atoms with van der Waals surface area (Å²) in [4.78, 5) is 32.3. The van der Waals surface area contributed by atoms with Gasteiger partial charge in [-0.3, -0.25) is 20.2 Å². The van der Waals surface area contributed by atoms with Crippen LogP contribution in [0, 0.1) is 0 Å². The van der Waals surface area contributed by atoms with Crippen molar-refractivity contribution in [3.05, 3.63) is 70.4 Å². The maximum Gasteiger partial charge on any atom is 0.396 e. The molecule has 2 aromatic heterocycles. The van der Waals surface area contributed by atoms with Crippen molar-refractivity contribution in [2.24, 2.45) is 0 Å². The number of carbonyl (C=O) groups is 2. The number of halogens is 4. The van der Waals surface area contributed by atoms with E-state index in [2.05, 4.69) is 9.97 Å². The number of alkyl halides is 4. The topological polar surface area (TPSA) is 84.0 Å². The predicted octanol–water partition coefficient (Wildman–Crippen LogP) is 6.91. The van der Waals surface area contributed by atoms with E-state index in [0.717, 1.165) is 46.6 Å². The van der Waals surface area contributed by atoms with Gasteiger partial charge in [-0.1, -0.05) is 62.4 Å². The Morgan fingerprint density at radius 3 is 1.34 bits per heavy atom. The van der Waals surface area contributed by atoms with Crippen LogP contribution >= 0.6 is 22.7 Å². The van der Waals surface area contributed by atoms with E-state index in [1.54, 1.807) is 34.9 Å². The van der Waals surface area contributed by atoms with Crippen molar-refractivity contribution in [2.75, 3.05) is 10.6 Å². The van der Waals surface area contributed by atoms with E-state index in [9.17, 15) is 27.2 Å².